The normalized spacial score (nSPS) is 16.1. The third kappa shape index (κ3) is 3.61. The predicted octanol–water partition coefficient (Wildman–Crippen LogP) is 0.00610. The largest absolute Gasteiger partial charge is 0.224 e. The zero-order valence-corrected chi connectivity index (χ0v) is 9.81. The molecule has 0 radical (unpaired) electrons. The van der Waals surface area contributed by atoms with Gasteiger partial charge in [-0.1, -0.05) is 10.6 Å². The van der Waals surface area contributed by atoms with Gasteiger partial charge in [0.2, 0.25) is 20.0 Å². The molecule has 0 unspecified atom stereocenters. The average Bonchev–Trinajstić information content (AvgIpc) is 1.80. The molecule has 0 aliphatic heterocycles. The van der Waals surface area contributed by atoms with Crippen LogP contribution in [0.3, 0.4) is 0 Å². The summed E-state index contributed by atoms with van der Waals surface area (Å²) in [6.45, 7) is 3.29. The van der Waals surface area contributed by atoms with Crippen LogP contribution in [0.5, 0.6) is 0 Å². The van der Waals surface area contributed by atoms with E-state index in [1.165, 1.54) is 0 Å². The molecule has 0 aromatic rings. The summed E-state index contributed by atoms with van der Waals surface area (Å²) in [5.74, 6) is 0. The van der Waals surface area contributed by atoms with Gasteiger partial charge in [0.15, 0.2) is 0 Å². The van der Waals surface area contributed by atoms with E-state index in [0.29, 0.717) is 10.1 Å². The predicted molar refractivity (Wildman–Crippen MR) is 51.3 cm³/mol. The third-order valence-corrected chi connectivity index (χ3v) is 5.26. The fourth-order valence-electron chi connectivity index (χ4n) is 1.05. The second kappa shape index (κ2) is 3.93. The average molecular weight is 229 g/mol. The van der Waals surface area contributed by atoms with Gasteiger partial charge in [-0.25, -0.2) is 16.8 Å². The summed E-state index contributed by atoms with van der Waals surface area (Å²) >= 11 is 0. The Morgan fingerprint density at radius 3 is 1.46 bits per heavy atom. The summed E-state index contributed by atoms with van der Waals surface area (Å²) in [6, 6.07) is -0.523. The highest BCUT2D eigenvalue weighted by Crippen LogP contribution is 2.13. The lowest BCUT2D eigenvalue weighted by Crippen LogP contribution is -2.41. The van der Waals surface area contributed by atoms with Crippen molar-refractivity contribution in [2.24, 2.45) is 0 Å². The molecule has 0 spiro atoms. The van der Waals surface area contributed by atoms with Crippen LogP contribution in [0.15, 0.2) is 0 Å². The summed E-state index contributed by atoms with van der Waals surface area (Å²) < 4.78 is 45.0. The van der Waals surface area contributed by atoms with Crippen molar-refractivity contribution in [1.82, 2.24) is 3.71 Å². The minimum atomic E-state index is -3.69. The van der Waals surface area contributed by atoms with E-state index in [-0.39, 0.29) is 0 Å². The molecule has 0 N–H and O–H groups in total. The highest BCUT2D eigenvalue weighted by atomic mass is 32.3. The first-order valence-corrected chi connectivity index (χ1v) is 7.50. The van der Waals surface area contributed by atoms with Gasteiger partial charge in [0.25, 0.3) is 0 Å². The summed E-state index contributed by atoms with van der Waals surface area (Å²) in [4.78, 5) is 0. The van der Waals surface area contributed by atoms with E-state index in [4.69, 9.17) is 0 Å². The molecule has 5 nitrogen and oxygen atoms in total. The zero-order chi connectivity index (χ0) is 10.9. The maximum atomic E-state index is 11.1. The molecule has 0 saturated carbocycles. The van der Waals surface area contributed by atoms with Crippen molar-refractivity contribution in [2.45, 2.75) is 26.3 Å². The quantitative estimate of drug-likeness (QED) is 0.680. The van der Waals surface area contributed by atoms with Gasteiger partial charge >= 0.3 is 0 Å². The Balaban J connectivity index is 5.27. The lowest BCUT2D eigenvalue weighted by Gasteiger charge is -2.23. The highest BCUT2D eigenvalue weighted by molar-refractivity contribution is 8.03. The van der Waals surface area contributed by atoms with E-state index >= 15 is 0 Å². The van der Waals surface area contributed by atoms with Crippen molar-refractivity contribution < 1.29 is 16.8 Å². The Hall–Kier alpha value is -0.140. The second-order valence-corrected chi connectivity index (χ2v) is 6.96. The number of rotatable bonds is 4. The van der Waals surface area contributed by atoms with E-state index in [9.17, 15) is 16.8 Å². The maximum Gasteiger partial charge on any atom is 0.224 e. The van der Waals surface area contributed by atoms with Crippen molar-refractivity contribution in [3.8, 4) is 0 Å². The van der Waals surface area contributed by atoms with Crippen LogP contribution in [0.25, 0.3) is 0 Å². The number of hydrogen-bond acceptors (Lipinski definition) is 4. The van der Waals surface area contributed by atoms with Gasteiger partial charge in [0.05, 0.1) is 12.5 Å². The molecule has 0 fully saturated rings. The fraction of sp³-hybridized carbons (Fsp3) is 1.00. The van der Waals surface area contributed by atoms with Crippen LogP contribution in [0, 0.1) is 0 Å². The Morgan fingerprint density at radius 1 is 1.08 bits per heavy atom. The lowest BCUT2D eigenvalue weighted by atomic mass is 10.3. The van der Waals surface area contributed by atoms with Crippen molar-refractivity contribution in [3.63, 3.8) is 0 Å². The molecule has 0 aliphatic carbocycles. The Bertz CT molecular complexity index is 324. The van der Waals surface area contributed by atoms with E-state index < -0.39 is 26.1 Å². The fourth-order valence-corrected chi connectivity index (χ4v) is 4.62. The van der Waals surface area contributed by atoms with Crippen molar-refractivity contribution in [1.29, 1.82) is 0 Å². The van der Waals surface area contributed by atoms with Crippen LogP contribution in [0.1, 0.15) is 20.3 Å². The van der Waals surface area contributed by atoms with Crippen molar-refractivity contribution in [3.05, 3.63) is 0 Å². The van der Waals surface area contributed by atoms with Gasteiger partial charge in [0, 0.05) is 6.04 Å². The summed E-state index contributed by atoms with van der Waals surface area (Å²) in [7, 11) is -7.38. The molecule has 0 aromatic heterocycles. The van der Waals surface area contributed by atoms with Gasteiger partial charge in [-0.15, -0.1) is 0 Å². The highest BCUT2D eigenvalue weighted by Gasteiger charge is 2.30. The SMILES string of the molecule is CC[C@@H](C)N(S(C)(=O)=O)S(C)(=O)=O. The minimum absolute atomic E-state index is 0.458. The lowest BCUT2D eigenvalue weighted by molar-refractivity contribution is 0.437. The summed E-state index contributed by atoms with van der Waals surface area (Å²) in [6.07, 6.45) is 2.24. The smallest absolute Gasteiger partial charge is 0.212 e. The van der Waals surface area contributed by atoms with E-state index in [2.05, 4.69) is 0 Å². The molecule has 13 heavy (non-hydrogen) atoms. The van der Waals surface area contributed by atoms with Crippen LogP contribution in [-0.4, -0.2) is 39.1 Å². The zero-order valence-electron chi connectivity index (χ0n) is 8.18. The van der Waals surface area contributed by atoms with Gasteiger partial charge in [-0.3, -0.25) is 0 Å². The molecule has 1 atom stereocenters. The topological polar surface area (TPSA) is 71.5 Å². The molecule has 0 rings (SSSR count). The van der Waals surface area contributed by atoms with Crippen molar-refractivity contribution in [2.75, 3.05) is 12.5 Å². The van der Waals surface area contributed by atoms with E-state index in [0.717, 1.165) is 12.5 Å². The molecule has 0 aromatic carbocycles. The molecule has 80 valence electrons. The molecule has 0 aliphatic rings. The van der Waals surface area contributed by atoms with Gasteiger partial charge in [0.1, 0.15) is 0 Å². The minimum Gasteiger partial charge on any atom is -0.212 e. The maximum absolute atomic E-state index is 11.1. The number of hydrogen-bond donors (Lipinski definition) is 0. The van der Waals surface area contributed by atoms with Gasteiger partial charge < -0.3 is 0 Å². The Kier molecular flexibility index (Phi) is 3.89. The molecule has 0 bridgehead atoms. The summed E-state index contributed by atoms with van der Waals surface area (Å²) in [5, 5.41) is 0. The van der Waals surface area contributed by atoms with Crippen LogP contribution >= 0.6 is 0 Å². The van der Waals surface area contributed by atoms with Crippen LogP contribution < -0.4 is 0 Å². The van der Waals surface area contributed by atoms with Gasteiger partial charge in [-0.2, -0.15) is 0 Å². The van der Waals surface area contributed by atoms with Crippen LogP contribution in [0.2, 0.25) is 0 Å². The van der Waals surface area contributed by atoms with Crippen molar-refractivity contribution >= 4 is 20.0 Å². The first-order chi connectivity index (χ1) is 5.60. The first-order valence-electron chi connectivity index (χ1n) is 3.80. The standard InChI is InChI=1S/C6H15NO4S2/c1-5-6(2)7(12(3,8)9)13(4,10)11/h6H,5H2,1-4H3/t6-/m1/s1. The monoisotopic (exact) mass is 229 g/mol. The molecule has 0 heterocycles. The summed E-state index contributed by atoms with van der Waals surface area (Å²) in [5.41, 5.74) is 0. The molecular formula is C6H15NO4S2. The van der Waals surface area contributed by atoms with E-state index in [1.807, 2.05) is 0 Å². The molecule has 0 amide bonds. The van der Waals surface area contributed by atoms with Gasteiger partial charge in [-0.05, 0) is 13.3 Å². The Labute approximate surface area is 79.8 Å². The number of nitrogens with zero attached hydrogens (tertiary/aromatic N) is 1. The van der Waals surface area contributed by atoms with E-state index in [1.54, 1.807) is 13.8 Å². The third-order valence-electron chi connectivity index (χ3n) is 1.60. The van der Waals surface area contributed by atoms with Crippen LogP contribution in [0.4, 0.5) is 0 Å². The Morgan fingerprint density at radius 2 is 1.38 bits per heavy atom. The molecule has 0 saturated heterocycles. The number of sulfonamides is 2. The van der Waals surface area contributed by atoms with Crippen LogP contribution in [-0.2, 0) is 20.0 Å². The molecular weight excluding hydrogens is 214 g/mol. The first kappa shape index (κ1) is 12.9. The molecule has 7 heteroatoms. The second-order valence-electron chi connectivity index (χ2n) is 3.01.